The Bertz CT molecular complexity index is 1410. The average molecular weight is 462 g/mol. The molecule has 34 heavy (non-hydrogen) atoms. The highest BCUT2D eigenvalue weighted by Crippen LogP contribution is 2.20. The number of rotatable bonds is 8. The second-order valence-corrected chi connectivity index (χ2v) is 8.19. The van der Waals surface area contributed by atoms with Crippen LogP contribution >= 0.6 is 0 Å². The summed E-state index contributed by atoms with van der Waals surface area (Å²) in [6, 6.07) is 12.6. The van der Waals surface area contributed by atoms with Crippen molar-refractivity contribution >= 4 is 28.4 Å². The minimum absolute atomic E-state index is 0.136. The van der Waals surface area contributed by atoms with Gasteiger partial charge in [-0.2, -0.15) is 4.98 Å². The number of nitrogen functional groups attached to an aromatic ring is 1. The van der Waals surface area contributed by atoms with Gasteiger partial charge in [0.15, 0.2) is 5.65 Å². The van der Waals surface area contributed by atoms with Gasteiger partial charge >= 0.3 is 5.69 Å². The summed E-state index contributed by atoms with van der Waals surface area (Å²) in [5.41, 5.74) is 7.13. The number of hydrogen-bond acceptors (Lipinski definition) is 8. The van der Waals surface area contributed by atoms with Crippen LogP contribution in [0.5, 0.6) is 5.75 Å². The topological polar surface area (TPSA) is 131 Å². The van der Waals surface area contributed by atoms with Crippen LogP contribution in [0.15, 0.2) is 58.3 Å². The summed E-state index contributed by atoms with van der Waals surface area (Å²) < 4.78 is 6.75. The average Bonchev–Trinajstić information content (AvgIpc) is 2.79. The highest BCUT2D eigenvalue weighted by Gasteiger charge is 2.15. The Hall–Kier alpha value is -4.18. The zero-order chi connectivity index (χ0) is 24.2. The summed E-state index contributed by atoms with van der Waals surface area (Å²) >= 11 is 0. The van der Waals surface area contributed by atoms with Crippen LogP contribution < -0.4 is 27.0 Å². The molecule has 0 saturated heterocycles. The van der Waals surface area contributed by atoms with Crippen LogP contribution in [0.2, 0.25) is 0 Å². The molecular weight excluding hydrogens is 434 g/mol. The number of ether oxygens (including phenoxy) is 1. The molecule has 0 fully saturated rings. The molecule has 2 heterocycles. The third-order valence-corrected chi connectivity index (χ3v) is 5.27. The fourth-order valence-corrected chi connectivity index (χ4v) is 3.59. The molecule has 0 atom stereocenters. The van der Waals surface area contributed by atoms with Crippen molar-refractivity contribution in [1.29, 1.82) is 0 Å². The molecule has 2 aromatic heterocycles. The SMILES string of the molecule is Cc1cccc(N)c1-n1c(=O)[nH]c2nc(Nc3ccc(OCCCN(C)C)cc3)ncc2c1=O. The number of aromatic nitrogens is 4. The summed E-state index contributed by atoms with van der Waals surface area (Å²) in [6.45, 7) is 3.38. The van der Waals surface area contributed by atoms with Gasteiger partial charge in [0.05, 0.1) is 18.0 Å². The van der Waals surface area contributed by atoms with Crippen LogP contribution in [0, 0.1) is 6.92 Å². The lowest BCUT2D eigenvalue weighted by atomic mass is 10.1. The Morgan fingerprint density at radius 2 is 1.91 bits per heavy atom. The number of nitrogens with one attached hydrogen (secondary N) is 2. The molecule has 0 bridgehead atoms. The molecule has 4 rings (SSSR count). The number of nitrogens with zero attached hydrogens (tertiary/aromatic N) is 4. The monoisotopic (exact) mass is 461 g/mol. The second kappa shape index (κ2) is 9.75. The largest absolute Gasteiger partial charge is 0.494 e. The number of hydrogen-bond donors (Lipinski definition) is 3. The van der Waals surface area contributed by atoms with E-state index in [0.717, 1.165) is 29.0 Å². The smallest absolute Gasteiger partial charge is 0.334 e. The first kappa shape index (κ1) is 23.0. The molecule has 10 heteroatoms. The molecule has 0 aliphatic carbocycles. The van der Waals surface area contributed by atoms with E-state index >= 15 is 0 Å². The summed E-state index contributed by atoms with van der Waals surface area (Å²) in [5.74, 6) is 1.01. The van der Waals surface area contributed by atoms with Gasteiger partial charge in [-0.15, -0.1) is 0 Å². The lowest BCUT2D eigenvalue weighted by Crippen LogP contribution is -2.35. The van der Waals surface area contributed by atoms with Gasteiger partial charge < -0.3 is 20.7 Å². The lowest BCUT2D eigenvalue weighted by molar-refractivity contribution is 0.281. The van der Waals surface area contributed by atoms with Gasteiger partial charge in [-0.25, -0.2) is 14.3 Å². The summed E-state index contributed by atoms with van der Waals surface area (Å²) in [7, 11) is 4.06. The number of H-pyrrole nitrogens is 1. The van der Waals surface area contributed by atoms with E-state index in [-0.39, 0.29) is 17.0 Å². The molecule has 0 radical (unpaired) electrons. The van der Waals surface area contributed by atoms with E-state index in [2.05, 4.69) is 25.2 Å². The first-order valence-electron chi connectivity index (χ1n) is 10.9. The van der Waals surface area contributed by atoms with E-state index in [1.165, 1.54) is 6.20 Å². The Morgan fingerprint density at radius 1 is 1.15 bits per heavy atom. The highest BCUT2D eigenvalue weighted by atomic mass is 16.5. The van der Waals surface area contributed by atoms with E-state index in [4.69, 9.17) is 10.5 Å². The number of benzene rings is 2. The van der Waals surface area contributed by atoms with Crippen LogP contribution in [-0.2, 0) is 0 Å². The van der Waals surface area contributed by atoms with E-state index < -0.39 is 11.2 Å². The molecule has 0 unspecified atom stereocenters. The molecule has 0 saturated carbocycles. The maximum absolute atomic E-state index is 13.1. The maximum Gasteiger partial charge on any atom is 0.334 e. The van der Waals surface area contributed by atoms with Crippen molar-refractivity contribution < 1.29 is 4.74 Å². The van der Waals surface area contributed by atoms with Crippen LogP contribution in [0.25, 0.3) is 16.7 Å². The Kier molecular flexibility index (Phi) is 6.60. The Morgan fingerprint density at radius 3 is 2.62 bits per heavy atom. The fourth-order valence-electron chi connectivity index (χ4n) is 3.59. The third-order valence-electron chi connectivity index (χ3n) is 5.27. The molecule has 4 aromatic rings. The normalized spacial score (nSPS) is 11.2. The summed E-state index contributed by atoms with van der Waals surface area (Å²) in [4.78, 5) is 39.2. The van der Waals surface area contributed by atoms with Crippen LogP contribution in [0.4, 0.5) is 17.3 Å². The van der Waals surface area contributed by atoms with Gasteiger partial charge in [0.1, 0.15) is 11.1 Å². The summed E-state index contributed by atoms with van der Waals surface area (Å²) in [5, 5.41) is 3.25. The number of fused-ring (bicyclic) bond motifs is 1. The predicted octanol–water partition coefficient (Wildman–Crippen LogP) is 2.43. The van der Waals surface area contributed by atoms with Gasteiger partial charge in [-0.1, -0.05) is 12.1 Å². The molecule has 10 nitrogen and oxygen atoms in total. The van der Waals surface area contributed by atoms with E-state index in [0.29, 0.717) is 23.5 Å². The van der Waals surface area contributed by atoms with Gasteiger partial charge in [-0.05, 0) is 63.3 Å². The van der Waals surface area contributed by atoms with Gasteiger partial charge in [0, 0.05) is 18.4 Å². The molecule has 0 spiro atoms. The minimum atomic E-state index is -0.626. The van der Waals surface area contributed by atoms with Crippen LogP contribution in [0.3, 0.4) is 0 Å². The van der Waals surface area contributed by atoms with Crippen molar-refractivity contribution in [3.05, 3.63) is 75.1 Å². The number of nitrogens with two attached hydrogens (primary N) is 1. The first-order chi connectivity index (χ1) is 16.3. The van der Waals surface area contributed by atoms with Crippen molar-refractivity contribution in [1.82, 2.24) is 24.4 Å². The van der Waals surface area contributed by atoms with Gasteiger partial charge in [-0.3, -0.25) is 9.78 Å². The highest BCUT2D eigenvalue weighted by molar-refractivity contribution is 5.75. The summed E-state index contributed by atoms with van der Waals surface area (Å²) in [6.07, 6.45) is 2.32. The standard InChI is InChI=1S/C24H27N7O3/c1-15-6-4-7-19(25)20(15)31-22(32)18-14-26-23(28-21(18)29-24(31)33)27-16-8-10-17(11-9-16)34-13-5-12-30(2)3/h4,6-11,14H,5,12-13,25H2,1-3H3,(H2,26,27,28,29,33). The van der Waals surface area contributed by atoms with Gasteiger partial charge in [0.2, 0.25) is 5.95 Å². The molecule has 0 amide bonds. The second-order valence-electron chi connectivity index (χ2n) is 8.19. The first-order valence-corrected chi connectivity index (χ1v) is 10.9. The van der Waals surface area contributed by atoms with Crippen molar-refractivity contribution in [2.24, 2.45) is 0 Å². The van der Waals surface area contributed by atoms with Crippen molar-refractivity contribution in [2.75, 3.05) is 38.3 Å². The fraction of sp³-hybridized carbons (Fsp3) is 0.250. The van der Waals surface area contributed by atoms with E-state index in [1.807, 2.05) is 38.4 Å². The number of para-hydroxylation sites is 1. The molecule has 0 aliphatic rings. The number of anilines is 3. The quantitative estimate of drug-likeness (QED) is 0.269. The molecule has 176 valence electrons. The molecule has 2 aromatic carbocycles. The Labute approximate surface area is 196 Å². The zero-order valence-corrected chi connectivity index (χ0v) is 19.3. The van der Waals surface area contributed by atoms with Crippen molar-refractivity contribution in [3.8, 4) is 11.4 Å². The van der Waals surface area contributed by atoms with Crippen LogP contribution in [-0.4, -0.2) is 51.7 Å². The molecule has 0 aliphatic heterocycles. The predicted molar refractivity (Wildman–Crippen MR) is 133 cm³/mol. The third kappa shape index (κ3) is 4.91. The number of aromatic amines is 1. The molecular formula is C24H27N7O3. The number of aryl methyl sites for hydroxylation is 1. The maximum atomic E-state index is 13.1. The lowest BCUT2D eigenvalue weighted by Gasteiger charge is -2.12. The molecule has 4 N–H and O–H groups in total. The minimum Gasteiger partial charge on any atom is -0.494 e. The van der Waals surface area contributed by atoms with Gasteiger partial charge in [0.25, 0.3) is 5.56 Å². The van der Waals surface area contributed by atoms with Crippen molar-refractivity contribution in [2.45, 2.75) is 13.3 Å². The zero-order valence-electron chi connectivity index (χ0n) is 19.3. The Balaban J connectivity index is 1.56. The van der Waals surface area contributed by atoms with Crippen LogP contribution in [0.1, 0.15) is 12.0 Å². The van der Waals surface area contributed by atoms with E-state index in [9.17, 15) is 9.59 Å². The van der Waals surface area contributed by atoms with Crippen molar-refractivity contribution in [3.63, 3.8) is 0 Å². The van der Waals surface area contributed by atoms with E-state index in [1.54, 1.807) is 25.1 Å².